The van der Waals surface area contributed by atoms with E-state index < -0.39 is 0 Å². The summed E-state index contributed by atoms with van der Waals surface area (Å²) in [6, 6.07) is 2.12. The zero-order valence-corrected chi connectivity index (χ0v) is 9.87. The van der Waals surface area contributed by atoms with Crippen molar-refractivity contribution in [1.82, 2.24) is 4.98 Å². The average molecular weight is 275 g/mol. The van der Waals surface area contributed by atoms with Gasteiger partial charge >= 0.3 is 0 Å². The summed E-state index contributed by atoms with van der Waals surface area (Å²) in [7, 11) is 0. The Balaban J connectivity index is 3.09. The van der Waals surface area contributed by atoms with Crippen LogP contribution in [0.15, 0.2) is 18.5 Å². The zero-order chi connectivity index (χ0) is 9.14. The van der Waals surface area contributed by atoms with E-state index in [1.54, 1.807) is 0 Å². The first kappa shape index (κ1) is 9.96. The lowest BCUT2D eigenvalue weighted by Gasteiger charge is -2.13. The number of halogens is 1. The molecular formula is C10H14IN. The van der Waals surface area contributed by atoms with Crippen molar-refractivity contribution in [3.05, 3.63) is 29.6 Å². The van der Waals surface area contributed by atoms with E-state index in [9.17, 15) is 0 Å². The van der Waals surface area contributed by atoms with Crippen molar-refractivity contribution in [3.8, 4) is 0 Å². The van der Waals surface area contributed by atoms with Crippen LogP contribution in [0.3, 0.4) is 0 Å². The fraction of sp³-hybridized carbons (Fsp3) is 0.500. The normalized spacial score (nSPS) is 13.4. The molecule has 66 valence electrons. The van der Waals surface area contributed by atoms with Gasteiger partial charge in [-0.1, -0.05) is 36.4 Å². The first-order valence-electron chi connectivity index (χ1n) is 4.20. The van der Waals surface area contributed by atoms with E-state index in [4.69, 9.17) is 0 Å². The Bertz CT molecular complexity index is 229. The molecule has 1 nitrogen and oxygen atoms in total. The second-order valence-corrected chi connectivity index (χ2v) is 5.14. The molecule has 0 radical (unpaired) electrons. The minimum Gasteiger partial charge on any atom is -0.264 e. The molecule has 0 aliphatic heterocycles. The van der Waals surface area contributed by atoms with Gasteiger partial charge in [-0.15, -0.1) is 0 Å². The summed E-state index contributed by atoms with van der Waals surface area (Å²) in [4.78, 5) is 4.14. The van der Waals surface area contributed by atoms with Gasteiger partial charge in [0.2, 0.25) is 0 Å². The molecule has 1 unspecified atom stereocenters. The quantitative estimate of drug-likeness (QED) is 0.592. The van der Waals surface area contributed by atoms with Crippen LogP contribution in [-0.4, -0.2) is 4.98 Å². The Kier molecular flexibility index (Phi) is 3.50. The number of rotatable bonds is 2. The van der Waals surface area contributed by atoms with Crippen LogP contribution in [0.5, 0.6) is 0 Å². The molecule has 1 aromatic heterocycles. The molecule has 2 heteroatoms. The van der Waals surface area contributed by atoms with Gasteiger partial charge in [0.25, 0.3) is 0 Å². The zero-order valence-electron chi connectivity index (χ0n) is 7.71. The Morgan fingerprint density at radius 3 is 2.33 bits per heavy atom. The van der Waals surface area contributed by atoms with Gasteiger partial charge in [-0.2, -0.15) is 0 Å². The second kappa shape index (κ2) is 4.21. The van der Waals surface area contributed by atoms with Crippen molar-refractivity contribution in [2.45, 2.75) is 30.6 Å². The standard InChI is InChI=1S/C10H14IN/c1-7(2)9-4-5-12-6-10(9)8(3)11/h4-8H,1-3H3. The molecule has 0 bridgehead atoms. The largest absolute Gasteiger partial charge is 0.264 e. The summed E-state index contributed by atoms with van der Waals surface area (Å²) in [5.74, 6) is 0.597. The lowest BCUT2D eigenvalue weighted by Crippen LogP contribution is -1.96. The molecular weight excluding hydrogens is 261 g/mol. The van der Waals surface area contributed by atoms with E-state index >= 15 is 0 Å². The van der Waals surface area contributed by atoms with Crippen LogP contribution < -0.4 is 0 Å². The Morgan fingerprint density at radius 2 is 1.92 bits per heavy atom. The van der Waals surface area contributed by atoms with Gasteiger partial charge in [0.05, 0.1) is 0 Å². The fourth-order valence-corrected chi connectivity index (χ4v) is 1.80. The third-order valence-corrected chi connectivity index (χ3v) is 2.61. The van der Waals surface area contributed by atoms with Crippen molar-refractivity contribution in [2.24, 2.45) is 0 Å². The highest BCUT2D eigenvalue weighted by Crippen LogP contribution is 2.28. The Morgan fingerprint density at radius 1 is 1.25 bits per heavy atom. The predicted octanol–water partition coefficient (Wildman–Crippen LogP) is 3.70. The summed E-state index contributed by atoms with van der Waals surface area (Å²) in [5.41, 5.74) is 2.79. The van der Waals surface area contributed by atoms with Crippen molar-refractivity contribution < 1.29 is 0 Å². The van der Waals surface area contributed by atoms with Gasteiger partial charge in [-0.25, -0.2) is 0 Å². The SMILES string of the molecule is CC(C)c1ccncc1C(C)I. The molecule has 0 aliphatic carbocycles. The van der Waals surface area contributed by atoms with E-state index in [1.807, 2.05) is 12.4 Å². The molecule has 1 heterocycles. The third-order valence-electron chi connectivity index (χ3n) is 1.94. The molecule has 0 aliphatic rings. The van der Waals surface area contributed by atoms with E-state index in [0.29, 0.717) is 9.84 Å². The molecule has 0 aromatic carbocycles. The van der Waals surface area contributed by atoms with Crippen LogP contribution in [0, 0.1) is 0 Å². The molecule has 0 fully saturated rings. The second-order valence-electron chi connectivity index (χ2n) is 3.28. The highest BCUT2D eigenvalue weighted by molar-refractivity contribution is 14.1. The van der Waals surface area contributed by atoms with Crippen molar-refractivity contribution in [3.63, 3.8) is 0 Å². The van der Waals surface area contributed by atoms with Crippen LogP contribution in [0.1, 0.15) is 41.7 Å². The number of pyridine rings is 1. The van der Waals surface area contributed by atoms with E-state index in [-0.39, 0.29) is 0 Å². The maximum Gasteiger partial charge on any atom is 0.0349 e. The summed E-state index contributed by atoms with van der Waals surface area (Å²) in [5, 5.41) is 0. The molecule has 1 rings (SSSR count). The van der Waals surface area contributed by atoms with Gasteiger partial charge in [-0.3, -0.25) is 4.98 Å². The first-order valence-corrected chi connectivity index (χ1v) is 5.45. The molecule has 0 saturated carbocycles. The monoisotopic (exact) mass is 275 g/mol. The topological polar surface area (TPSA) is 12.9 Å². The highest BCUT2D eigenvalue weighted by atomic mass is 127. The Hall–Kier alpha value is -0.120. The van der Waals surface area contributed by atoms with Crippen LogP contribution in [-0.2, 0) is 0 Å². The molecule has 0 amide bonds. The number of aromatic nitrogens is 1. The van der Waals surface area contributed by atoms with Gasteiger partial charge < -0.3 is 0 Å². The fourth-order valence-electron chi connectivity index (χ4n) is 1.28. The van der Waals surface area contributed by atoms with Gasteiger partial charge in [0.15, 0.2) is 0 Å². The molecule has 0 N–H and O–H groups in total. The molecule has 1 atom stereocenters. The number of hydrogen-bond acceptors (Lipinski definition) is 1. The summed E-state index contributed by atoms with van der Waals surface area (Å²) < 4.78 is 0.550. The lowest BCUT2D eigenvalue weighted by molar-refractivity contribution is 0.839. The van der Waals surface area contributed by atoms with Crippen LogP contribution in [0.25, 0.3) is 0 Å². The summed E-state index contributed by atoms with van der Waals surface area (Å²) in [6.45, 7) is 6.64. The maximum absolute atomic E-state index is 4.14. The van der Waals surface area contributed by atoms with Crippen LogP contribution >= 0.6 is 22.6 Å². The summed E-state index contributed by atoms with van der Waals surface area (Å²) in [6.07, 6.45) is 3.85. The molecule has 1 aromatic rings. The van der Waals surface area contributed by atoms with Crippen molar-refractivity contribution in [2.75, 3.05) is 0 Å². The lowest BCUT2D eigenvalue weighted by atomic mass is 9.98. The van der Waals surface area contributed by atoms with E-state index in [2.05, 4.69) is 54.4 Å². The smallest absolute Gasteiger partial charge is 0.0349 e. The highest BCUT2D eigenvalue weighted by Gasteiger charge is 2.09. The maximum atomic E-state index is 4.14. The predicted molar refractivity (Wildman–Crippen MR) is 60.8 cm³/mol. The van der Waals surface area contributed by atoms with Crippen molar-refractivity contribution in [1.29, 1.82) is 0 Å². The average Bonchev–Trinajstić information content (AvgIpc) is 2.04. The minimum absolute atomic E-state index is 0.550. The molecule has 0 saturated heterocycles. The minimum atomic E-state index is 0.550. The number of hydrogen-bond donors (Lipinski definition) is 0. The first-order chi connectivity index (χ1) is 5.63. The number of nitrogens with zero attached hydrogens (tertiary/aromatic N) is 1. The van der Waals surface area contributed by atoms with Crippen molar-refractivity contribution >= 4 is 22.6 Å². The van der Waals surface area contributed by atoms with E-state index in [0.717, 1.165) is 0 Å². The van der Waals surface area contributed by atoms with E-state index in [1.165, 1.54) is 11.1 Å². The third kappa shape index (κ3) is 2.19. The van der Waals surface area contributed by atoms with Crippen LogP contribution in [0.4, 0.5) is 0 Å². The van der Waals surface area contributed by atoms with Crippen LogP contribution in [0.2, 0.25) is 0 Å². The Labute approximate surface area is 87.7 Å². The van der Waals surface area contributed by atoms with Gasteiger partial charge in [0, 0.05) is 16.3 Å². The number of alkyl halides is 1. The summed E-state index contributed by atoms with van der Waals surface area (Å²) >= 11 is 2.43. The van der Waals surface area contributed by atoms with Gasteiger partial charge in [0.1, 0.15) is 0 Å². The molecule has 0 spiro atoms. The van der Waals surface area contributed by atoms with Gasteiger partial charge in [-0.05, 0) is 30.0 Å². The molecule has 12 heavy (non-hydrogen) atoms.